The molecule has 2 saturated heterocycles. The largest absolute Gasteiger partial charge is 0.497 e. The fraction of sp³-hybridized carbons (Fsp3) is 0.594. The lowest BCUT2D eigenvalue weighted by molar-refractivity contribution is -0.148. The SMILES string of the molecule is COc1ccc(C2(C#N)CCN(CC(F)(F)F)CC2)c(N2CCC(COc3cc(C(CC(=O)O)C4CC4)ccn3)CC2)c1. The van der Waals surface area contributed by atoms with Gasteiger partial charge in [-0.05, 0) is 79.5 Å². The maximum atomic E-state index is 13.0. The first kappa shape index (κ1) is 30.9. The summed E-state index contributed by atoms with van der Waals surface area (Å²) in [4.78, 5) is 19.4. The monoisotopic (exact) mass is 600 g/mol. The van der Waals surface area contributed by atoms with Gasteiger partial charge in [0.15, 0.2) is 0 Å². The summed E-state index contributed by atoms with van der Waals surface area (Å²) in [6.45, 7) is 1.45. The molecule has 0 amide bonds. The van der Waals surface area contributed by atoms with Crippen molar-refractivity contribution in [2.45, 2.75) is 62.5 Å². The maximum Gasteiger partial charge on any atom is 0.401 e. The van der Waals surface area contributed by atoms with Crippen molar-refractivity contribution in [3.05, 3.63) is 47.7 Å². The van der Waals surface area contributed by atoms with Crippen molar-refractivity contribution < 1.29 is 32.5 Å². The van der Waals surface area contributed by atoms with Crippen LogP contribution in [0.15, 0.2) is 36.5 Å². The minimum atomic E-state index is -4.26. The fourth-order valence-corrected chi connectivity index (χ4v) is 6.61. The molecule has 1 unspecified atom stereocenters. The number of benzene rings is 1. The van der Waals surface area contributed by atoms with Gasteiger partial charge in [0.2, 0.25) is 5.88 Å². The summed E-state index contributed by atoms with van der Waals surface area (Å²) in [5.74, 6) is 1.07. The van der Waals surface area contributed by atoms with Crippen LogP contribution in [0.2, 0.25) is 0 Å². The van der Waals surface area contributed by atoms with E-state index in [-0.39, 0.29) is 25.4 Å². The van der Waals surface area contributed by atoms with Crippen molar-refractivity contribution in [1.29, 1.82) is 5.26 Å². The summed E-state index contributed by atoms with van der Waals surface area (Å²) in [6.07, 6.45) is 2.03. The highest BCUT2D eigenvalue weighted by Crippen LogP contribution is 2.45. The number of carboxylic acid groups (broad SMARTS) is 1. The van der Waals surface area contributed by atoms with Gasteiger partial charge in [-0.2, -0.15) is 18.4 Å². The Bertz CT molecular complexity index is 1310. The average molecular weight is 601 g/mol. The number of likely N-dealkylation sites (tertiary alicyclic amines) is 1. The molecule has 2 aliphatic heterocycles. The predicted molar refractivity (Wildman–Crippen MR) is 154 cm³/mol. The van der Waals surface area contributed by atoms with Gasteiger partial charge in [0.1, 0.15) is 5.75 Å². The number of piperidine rings is 2. The molecule has 1 aromatic heterocycles. The van der Waals surface area contributed by atoms with Crippen LogP contribution in [0.25, 0.3) is 0 Å². The Morgan fingerprint density at radius 3 is 2.47 bits per heavy atom. The molecule has 43 heavy (non-hydrogen) atoms. The van der Waals surface area contributed by atoms with Gasteiger partial charge in [-0.1, -0.05) is 6.07 Å². The molecule has 1 saturated carbocycles. The van der Waals surface area contributed by atoms with Gasteiger partial charge in [0.05, 0.1) is 38.2 Å². The highest BCUT2D eigenvalue weighted by atomic mass is 19.4. The van der Waals surface area contributed by atoms with Gasteiger partial charge in [-0.15, -0.1) is 0 Å². The lowest BCUT2D eigenvalue weighted by atomic mass is 9.73. The number of nitriles is 1. The number of carbonyl (C=O) groups is 1. The molecule has 0 radical (unpaired) electrons. The Kier molecular flexibility index (Phi) is 9.35. The minimum absolute atomic E-state index is 0.0169. The zero-order valence-corrected chi connectivity index (χ0v) is 24.5. The Hall–Kier alpha value is -3.52. The topological polar surface area (TPSA) is 98.9 Å². The Labute approximate surface area is 250 Å². The van der Waals surface area contributed by atoms with Crippen molar-refractivity contribution in [2.75, 3.05) is 51.3 Å². The average Bonchev–Trinajstić information content (AvgIpc) is 3.84. The minimum Gasteiger partial charge on any atom is -0.497 e. The molecule has 232 valence electrons. The quantitative estimate of drug-likeness (QED) is 0.347. The third-order valence-corrected chi connectivity index (χ3v) is 9.24. The summed E-state index contributed by atoms with van der Waals surface area (Å²) in [5.41, 5.74) is 1.86. The molecule has 8 nitrogen and oxygen atoms in total. The predicted octanol–water partition coefficient (Wildman–Crippen LogP) is 5.77. The van der Waals surface area contributed by atoms with Gasteiger partial charge < -0.3 is 19.5 Å². The van der Waals surface area contributed by atoms with Crippen LogP contribution in [0.4, 0.5) is 18.9 Å². The van der Waals surface area contributed by atoms with Crippen molar-refractivity contribution in [2.24, 2.45) is 11.8 Å². The molecule has 1 aromatic carbocycles. The second-order valence-corrected chi connectivity index (χ2v) is 12.2. The van der Waals surface area contributed by atoms with E-state index in [0.717, 1.165) is 55.6 Å². The van der Waals surface area contributed by atoms with E-state index < -0.39 is 24.1 Å². The summed E-state index contributed by atoms with van der Waals surface area (Å²) in [6, 6.07) is 11.9. The summed E-state index contributed by atoms with van der Waals surface area (Å²) < 4.78 is 50.5. The molecule has 3 fully saturated rings. The van der Waals surface area contributed by atoms with Crippen LogP contribution in [-0.4, -0.2) is 73.6 Å². The van der Waals surface area contributed by atoms with E-state index >= 15 is 0 Å². The van der Waals surface area contributed by atoms with E-state index in [0.29, 0.717) is 42.9 Å². The number of rotatable bonds is 11. The van der Waals surface area contributed by atoms with E-state index in [1.54, 1.807) is 13.3 Å². The zero-order chi connectivity index (χ0) is 30.6. The Morgan fingerprint density at radius 2 is 1.86 bits per heavy atom. The van der Waals surface area contributed by atoms with E-state index in [2.05, 4.69) is 16.0 Å². The highest BCUT2D eigenvalue weighted by Gasteiger charge is 2.42. The molecule has 3 aliphatic rings. The molecule has 5 rings (SSSR count). The van der Waals surface area contributed by atoms with Crippen molar-refractivity contribution >= 4 is 11.7 Å². The standard InChI is InChI=1S/C32H39F3N4O4/c1-42-25-4-5-27(31(20-36)9-14-38(15-10-31)21-32(33,34)35)28(17-25)39-12-7-22(8-13-39)19-43-29-16-24(6-11-37-29)26(18-30(40)41)23-2-3-23/h4-6,11,16-17,22-23,26H,2-3,7-10,12-15,18-19,21H2,1H3,(H,40,41). The van der Waals surface area contributed by atoms with Gasteiger partial charge in [0, 0.05) is 50.2 Å². The van der Waals surface area contributed by atoms with E-state index in [1.807, 2.05) is 30.3 Å². The van der Waals surface area contributed by atoms with E-state index in [4.69, 9.17) is 9.47 Å². The number of halogens is 3. The molecule has 1 atom stereocenters. The lowest BCUT2D eigenvalue weighted by Gasteiger charge is -2.41. The van der Waals surface area contributed by atoms with E-state index in [1.165, 1.54) is 4.90 Å². The molecular formula is C32H39F3N4O4. The summed E-state index contributed by atoms with van der Waals surface area (Å²) in [5, 5.41) is 19.7. The first-order valence-corrected chi connectivity index (χ1v) is 15.0. The molecular weight excluding hydrogens is 561 g/mol. The number of alkyl halides is 3. The second-order valence-electron chi connectivity index (χ2n) is 12.2. The summed E-state index contributed by atoms with van der Waals surface area (Å²) in [7, 11) is 1.59. The maximum absolute atomic E-state index is 13.0. The van der Waals surface area contributed by atoms with Crippen molar-refractivity contribution in [1.82, 2.24) is 9.88 Å². The van der Waals surface area contributed by atoms with Crippen LogP contribution in [-0.2, 0) is 10.2 Å². The van der Waals surface area contributed by atoms with Crippen LogP contribution >= 0.6 is 0 Å². The molecule has 11 heteroatoms. The third kappa shape index (κ3) is 7.71. The van der Waals surface area contributed by atoms with Gasteiger partial charge in [0.25, 0.3) is 0 Å². The number of carboxylic acids is 1. The van der Waals surface area contributed by atoms with Gasteiger partial charge in [-0.25, -0.2) is 4.98 Å². The zero-order valence-electron chi connectivity index (χ0n) is 24.5. The first-order valence-electron chi connectivity index (χ1n) is 15.0. The number of nitrogens with zero attached hydrogens (tertiary/aromatic N) is 4. The molecule has 0 spiro atoms. The smallest absolute Gasteiger partial charge is 0.401 e. The number of ether oxygens (including phenoxy) is 2. The number of hydrogen-bond donors (Lipinski definition) is 1. The molecule has 1 aliphatic carbocycles. The van der Waals surface area contributed by atoms with Crippen LogP contribution < -0.4 is 14.4 Å². The lowest BCUT2D eigenvalue weighted by Crippen LogP contribution is -2.46. The Morgan fingerprint density at radius 1 is 1.14 bits per heavy atom. The van der Waals surface area contributed by atoms with Gasteiger partial charge >= 0.3 is 12.1 Å². The number of anilines is 1. The number of aliphatic carboxylic acids is 1. The number of methoxy groups -OCH3 is 1. The highest BCUT2D eigenvalue weighted by molar-refractivity contribution is 5.68. The molecule has 0 bridgehead atoms. The van der Waals surface area contributed by atoms with Crippen LogP contribution in [0.1, 0.15) is 62.0 Å². The fourth-order valence-electron chi connectivity index (χ4n) is 6.61. The molecule has 2 aromatic rings. The Balaban J connectivity index is 1.22. The number of pyridine rings is 1. The number of aromatic nitrogens is 1. The van der Waals surface area contributed by atoms with Crippen molar-refractivity contribution in [3.63, 3.8) is 0 Å². The van der Waals surface area contributed by atoms with Crippen LogP contribution in [0.3, 0.4) is 0 Å². The molecule has 1 N–H and O–H groups in total. The van der Waals surface area contributed by atoms with Gasteiger partial charge in [-0.3, -0.25) is 9.69 Å². The first-order chi connectivity index (χ1) is 20.6. The number of hydrogen-bond acceptors (Lipinski definition) is 7. The third-order valence-electron chi connectivity index (χ3n) is 9.24. The van der Waals surface area contributed by atoms with Crippen LogP contribution in [0, 0.1) is 23.2 Å². The van der Waals surface area contributed by atoms with Crippen LogP contribution in [0.5, 0.6) is 11.6 Å². The van der Waals surface area contributed by atoms with Crippen molar-refractivity contribution in [3.8, 4) is 17.7 Å². The normalized spacial score (nSPS) is 20.3. The second kappa shape index (κ2) is 13.0. The van der Waals surface area contributed by atoms with E-state index in [9.17, 15) is 28.3 Å². The molecule has 3 heterocycles. The summed E-state index contributed by atoms with van der Waals surface area (Å²) >= 11 is 0.